The fourth-order valence-corrected chi connectivity index (χ4v) is 12.9. The van der Waals surface area contributed by atoms with Crippen LogP contribution in [0.5, 0.6) is 0 Å². The van der Waals surface area contributed by atoms with Gasteiger partial charge in [-0.3, -0.25) is 4.79 Å². The largest absolute Gasteiger partial charge is 0.393 e. The normalized spacial score (nSPS) is 51.2. The van der Waals surface area contributed by atoms with Crippen molar-refractivity contribution in [3.05, 3.63) is 0 Å². The molecule has 6 saturated carbocycles. The third-order valence-electron chi connectivity index (χ3n) is 15.6. The second-order valence-corrected chi connectivity index (χ2v) is 17.1. The van der Waals surface area contributed by atoms with Crippen LogP contribution >= 0.6 is 0 Å². The van der Waals surface area contributed by atoms with E-state index in [1.54, 1.807) is 0 Å². The van der Waals surface area contributed by atoms with Crippen molar-refractivity contribution in [2.75, 3.05) is 19.6 Å². The highest BCUT2D eigenvalue weighted by Gasteiger charge is 2.73. The predicted octanol–water partition coefficient (Wildman–Crippen LogP) is 6.95. The first-order valence-electron chi connectivity index (χ1n) is 17.0. The van der Waals surface area contributed by atoms with Crippen LogP contribution in [0, 0.1) is 62.1 Å². The maximum atomic E-state index is 14.2. The minimum Gasteiger partial charge on any atom is -0.393 e. The van der Waals surface area contributed by atoms with Crippen molar-refractivity contribution in [2.45, 2.75) is 132 Å². The number of hydrogen-bond acceptors (Lipinski definition) is 3. The van der Waals surface area contributed by atoms with Crippen LogP contribution in [-0.2, 0) is 4.79 Å². The summed E-state index contributed by atoms with van der Waals surface area (Å²) in [7, 11) is 0. The number of amides is 1. The van der Waals surface area contributed by atoms with Crippen LogP contribution in [0.25, 0.3) is 0 Å². The lowest BCUT2D eigenvalue weighted by molar-refractivity contribution is -0.248. The zero-order valence-corrected chi connectivity index (χ0v) is 26.4. The van der Waals surface area contributed by atoms with Gasteiger partial charge in [0.15, 0.2) is 0 Å². The Bertz CT molecular complexity index is 974. The van der Waals surface area contributed by atoms with E-state index < -0.39 is 0 Å². The van der Waals surface area contributed by atoms with Crippen LogP contribution in [-0.4, -0.2) is 36.8 Å². The number of aliphatic hydroxyl groups is 1. The average molecular weight is 541 g/mol. The molecule has 0 aromatic carbocycles. The fraction of sp³-hybridized carbons (Fsp3) is 0.971. The van der Waals surface area contributed by atoms with E-state index in [-0.39, 0.29) is 16.9 Å². The lowest BCUT2D eigenvalue weighted by atomic mass is 9.32. The number of aliphatic hydroxyl groups excluding tert-OH is 1. The van der Waals surface area contributed by atoms with E-state index in [9.17, 15) is 9.90 Å². The summed E-state index contributed by atoms with van der Waals surface area (Å²) in [5.41, 5.74) is 1.28. The maximum absolute atomic E-state index is 14.2. The van der Waals surface area contributed by atoms with Crippen LogP contribution in [0.15, 0.2) is 0 Å². The van der Waals surface area contributed by atoms with E-state index in [2.05, 4.69) is 59.1 Å². The molecule has 6 rings (SSSR count). The number of rotatable bonds is 6. The standard InChI is InChI=1S/C35H60N2O2/c1-8-36-21-22-37-29(39)35-16-11-23(31(4)17-18-31)28(35)24-9-10-26-32(5)14-13-27(38)30(2,3)25(32)12-15-34(26,7)33(24,6)19-20-35/h23-28,36,38H,8-22H2,1-7H3,(H,37,39). The molecule has 0 radical (unpaired) electrons. The molecule has 10 atom stereocenters. The Morgan fingerprint density at radius 3 is 2.18 bits per heavy atom. The first-order chi connectivity index (χ1) is 18.3. The molecular weight excluding hydrogens is 480 g/mol. The number of hydrogen-bond donors (Lipinski definition) is 3. The van der Waals surface area contributed by atoms with Gasteiger partial charge in [0.2, 0.25) is 5.91 Å². The minimum atomic E-state index is -0.160. The third kappa shape index (κ3) is 3.77. The molecule has 0 saturated heterocycles. The summed E-state index contributed by atoms with van der Waals surface area (Å²) in [6.45, 7) is 20.0. The van der Waals surface area contributed by atoms with Gasteiger partial charge in [0.05, 0.1) is 11.5 Å². The molecule has 0 spiro atoms. The molecule has 10 unspecified atom stereocenters. The van der Waals surface area contributed by atoms with Gasteiger partial charge in [-0.05, 0) is 140 Å². The van der Waals surface area contributed by atoms with E-state index in [0.717, 1.165) is 50.7 Å². The topological polar surface area (TPSA) is 61.4 Å². The van der Waals surface area contributed by atoms with Gasteiger partial charge in [-0.25, -0.2) is 0 Å². The van der Waals surface area contributed by atoms with E-state index in [4.69, 9.17) is 0 Å². The maximum Gasteiger partial charge on any atom is 0.226 e. The highest BCUT2D eigenvalue weighted by molar-refractivity contribution is 5.83. The first kappa shape index (κ1) is 28.5. The molecule has 0 aromatic heterocycles. The monoisotopic (exact) mass is 540 g/mol. The van der Waals surface area contributed by atoms with Gasteiger partial charge in [0.25, 0.3) is 0 Å². The van der Waals surface area contributed by atoms with Crippen LogP contribution in [0.3, 0.4) is 0 Å². The molecular formula is C35H60N2O2. The van der Waals surface area contributed by atoms with Crippen molar-refractivity contribution < 1.29 is 9.90 Å². The summed E-state index contributed by atoms with van der Waals surface area (Å²) in [5.74, 6) is 3.68. The summed E-state index contributed by atoms with van der Waals surface area (Å²) in [6.07, 6.45) is 14.6. The summed E-state index contributed by atoms with van der Waals surface area (Å²) in [4.78, 5) is 14.2. The quantitative estimate of drug-likeness (QED) is 0.319. The van der Waals surface area contributed by atoms with Gasteiger partial charge in [-0.2, -0.15) is 0 Å². The van der Waals surface area contributed by atoms with Crippen molar-refractivity contribution in [2.24, 2.45) is 62.1 Å². The van der Waals surface area contributed by atoms with Gasteiger partial charge in [-0.15, -0.1) is 0 Å². The second-order valence-electron chi connectivity index (χ2n) is 17.1. The van der Waals surface area contributed by atoms with Crippen LogP contribution in [0.2, 0.25) is 0 Å². The fourth-order valence-electron chi connectivity index (χ4n) is 12.9. The number of carbonyl (C=O) groups excluding carboxylic acids is 1. The summed E-state index contributed by atoms with van der Waals surface area (Å²) in [5, 5.41) is 17.9. The second kappa shape index (κ2) is 9.19. The molecule has 4 heteroatoms. The zero-order valence-electron chi connectivity index (χ0n) is 26.4. The van der Waals surface area contributed by atoms with Gasteiger partial charge in [0.1, 0.15) is 0 Å². The number of carbonyl (C=O) groups is 1. The van der Waals surface area contributed by atoms with Gasteiger partial charge in [0, 0.05) is 13.1 Å². The van der Waals surface area contributed by atoms with Gasteiger partial charge in [-0.1, -0.05) is 48.5 Å². The van der Waals surface area contributed by atoms with E-state index in [1.165, 1.54) is 57.8 Å². The SMILES string of the molecule is CCNCCNC(=O)C12CCC(C3(C)CC3)C1C1CCC3C4(C)CCC(O)C(C)(C)C4CCC3(C)C1(C)CC2. The molecule has 0 heterocycles. The molecule has 6 aliphatic rings. The van der Waals surface area contributed by atoms with Crippen molar-refractivity contribution in [1.82, 2.24) is 10.6 Å². The number of fused-ring (bicyclic) bond motifs is 7. The minimum absolute atomic E-state index is 0.00956. The Morgan fingerprint density at radius 2 is 1.49 bits per heavy atom. The Morgan fingerprint density at radius 1 is 0.744 bits per heavy atom. The van der Waals surface area contributed by atoms with Crippen LogP contribution in [0.4, 0.5) is 0 Å². The van der Waals surface area contributed by atoms with Gasteiger partial charge < -0.3 is 15.7 Å². The lowest BCUT2D eigenvalue weighted by Crippen LogP contribution is -2.67. The van der Waals surface area contributed by atoms with E-state index in [0.29, 0.717) is 45.3 Å². The third-order valence-corrected chi connectivity index (χ3v) is 15.6. The van der Waals surface area contributed by atoms with Crippen LogP contribution in [0.1, 0.15) is 126 Å². The molecule has 3 N–H and O–H groups in total. The highest BCUT2D eigenvalue weighted by Crippen LogP contribution is 2.79. The Kier molecular flexibility index (Phi) is 6.72. The molecule has 0 aliphatic heterocycles. The summed E-state index contributed by atoms with van der Waals surface area (Å²) < 4.78 is 0. The van der Waals surface area contributed by atoms with Crippen molar-refractivity contribution in [3.8, 4) is 0 Å². The molecule has 6 aliphatic carbocycles. The Balaban J connectivity index is 1.34. The molecule has 0 aromatic rings. The number of nitrogens with one attached hydrogen (secondary N) is 2. The molecule has 222 valence electrons. The smallest absolute Gasteiger partial charge is 0.226 e. The van der Waals surface area contributed by atoms with E-state index >= 15 is 0 Å². The Hall–Kier alpha value is -0.610. The molecule has 4 nitrogen and oxygen atoms in total. The lowest BCUT2D eigenvalue weighted by Gasteiger charge is -2.73. The van der Waals surface area contributed by atoms with Gasteiger partial charge >= 0.3 is 0 Å². The first-order valence-corrected chi connectivity index (χ1v) is 17.0. The molecule has 6 fully saturated rings. The predicted molar refractivity (Wildman–Crippen MR) is 159 cm³/mol. The van der Waals surface area contributed by atoms with Crippen LogP contribution < -0.4 is 10.6 Å². The molecule has 1 amide bonds. The van der Waals surface area contributed by atoms with Crippen molar-refractivity contribution in [3.63, 3.8) is 0 Å². The van der Waals surface area contributed by atoms with E-state index in [1.807, 2.05) is 0 Å². The van der Waals surface area contributed by atoms with Crippen molar-refractivity contribution >= 4 is 5.91 Å². The Labute approximate surface area is 239 Å². The summed E-state index contributed by atoms with van der Waals surface area (Å²) in [6, 6.07) is 0. The highest BCUT2D eigenvalue weighted by atomic mass is 16.3. The number of likely N-dealkylation sites (N-methyl/N-ethyl adjacent to an activating group) is 1. The average Bonchev–Trinajstić information content (AvgIpc) is 3.50. The zero-order chi connectivity index (χ0) is 28.1. The van der Waals surface area contributed by atoms with Crippen molar-refractivity contribution in [1.29, 1.82) is 0 Å². The molecule has 0 bridgehead atoms. The summed E-state index contributed by atoms with van der Waals surface area (Å²) >= 11 is 0. The molecule has 39 heavy (non-hydrogen) atoms.